The lowest BCUT2D eigenvalue weighted by Crippen LogP contribution is -2.52. The highest BCUT2D eigenvalue weighted by Gasteiger charge is 2.34. The van der Waals surface area contributed by atoms with E-state index in [1.54, 1.807) is 25.1 Å². The summed E-state index contributed by atoms with van der Waals surface area (Å²) < 4.78 is 65.7. The van der Waals surface area contributed by atoms with Crippen molar-refractivity contribution in [3.05, 3.63) is 63.6 Å². The predicted octanol–water partition coefficient (Wildman–Crippen LogP) is 5.36. The van der Waals surface area contributed by atoms with Crippen molar-refractivity contribution in [1.82, 2.24) is 10.2 Å². The van der Waals surface area contributed by atoms with Crippen molar-refractivity contribution in [2.24, 2.45) is 5.92 Å². The molecular formula is C25H30Cl2F3N3O4S. The van der Waals surface area contributed by atoms with Gasteiger partial charge in [0.2, 0.25) is 21.8 Å². The number of anilines is 1. The van der Waals surface area contributed by atoms with Crippen LogP contribution in [0, 0.1) is 5.92 Å². The number of rotatable bonds is 11. The molecule has 13 heteroatoms. The zero-order valence-electron chi connectivity index (χ0n) is 21.4. The maximum Gasteiger partial charge on any atom is 0.416 e. The first-order valence-corrected chi connectivity index (χ1v) is 14.3. The second-order valence-corrected chi connectivity index (χ2v) is 11.8. The van der Waals surface area contributed by atoms with Crippen LogP contribution in [-0.4, -0.2) is 50.5 Å². The molecule has 1 N–H and O–H groups in total. The third kappa shape index (κ3) is 8.51. The molecule has 210 valence electrons. The quantitative estimate of drug-likeness (QED) is 0.379. The third-order valence-corrected chi connectivity index (χ3v) is 7.45. The topological polar surface area (TPSA) is 86.8 Å². The summed E-state index contributed by atoms with van der Waals surface area (Å²) in [5.41, 5.74) is -1.08. The summed E-state index contributed by atoms with van der Waals surface area (Å²) in [6.45, 7) is 4.72. The van der Waals surface area contributed by atoms with Crippen molar-refractivity contribution in [3.63, 3.8) is 0 Å². The number of carbonyl (C=O) groups excluding carboxylic acids is 2. The van der Waals surface area contributed by atoms with Gasteiger partial charge < -0.3 is 10.2 Å². The van der Waals surface area contributed by atoms with E-state index in [0.717, 1.165) is 29.4 Å². The molecule has 0 unspecified atom stereocenters. The molecule has 0 bridgehead atoms. The molecule has 0 aliphatic heterocycles. The van der Waals surface area contributed by atoms with Crippen LogP contribution in [0.2, 0.25) is 10.0 Å². The molecule has 0 saturated heterocycles. The number of nitrogens with one attached hydrogen (secondary N) is 1. The molecule has 2 aromatic carbocycles. The fourth-order valence-electron chi connectivity index (χ4n) is 3.65. The molecule has 7 nitrogen and oxygen atoms in total. The molecule has 0 fully saturated rings. The minimum atomic E-state index is -4.72. The SMILES string of the molecule is CC[C@@H](C(=O)NCC(C)C)N(Cc1c(Cl)cccc1Cl)C(=O)CN(c1cccc(C(F)(F)F)c1)S(C)(=O)=O. The van der Waals surface area contributed by atoms with Crippen LogP contribution in [0.1, 0.15) is 38.3 Å². The number of halogens is 5. The lowest BCUT2D eigenvalue weighted by molar-refractivity contribution is -0.140. The van der Waals surface area contributed by atoms with Crippen LogP contribution < -0.4 is 9.62 Å². The summed E-state index contributed by atoms with van der Waals surface area (Å²) in [4.78, 5) is 27.9. The number of hydrogen-bond donors (Lipinski definition) is 1. The van der Waals surface area contributed by atoms with E-state index in [4.69, 9.17) is 23.2 Å². The summed E-state index contributed by atoms with van der Waals surface area (Å²) in [6.07, 6.45) is -3.78. The molecule has 38 heavy (non-hydrogen) atoms. The molecule has 2 aromatic rings. The van der Waals surface area contributed by atoms with Gasteiger partial charge in [0.05, 0.1) is 17.5 Å². The largest absolute Gasteiger partial charge is 0.416 e. The predicted molar refractivity (Wildman–Crippen MR) is 143 cm³/mol. The van der Waals surface area contributed by atoms with E-state index >= 15 is 0 Å². The van der Waals surface area contributed by atoms with Gasteiger partial charge in [-0.15, -0.1) is 0 Å². The summed E-state index contributed by atoms with van der Waals surface area (Å²) in [6, 6.07) is 7.33. The van der Waals surface area contributed by atoms with Gasteiger partial charge in [-0.2, -0.15) is 13.2 Å². The van der Waals surface area contributed by atoms with Crippen molar-refractivity contribution in [2.45, 2.75) is 46.0 Å². The Kier molecular flexibility index (Phi) is 10.9. The molecule has 0 aliphatic carbocycles. The number of nitrogens with zero attached hydrogens (tertiary/aromatic N) is 2. The standard InChI is InChI=1S/C25H30Cl2F3N3O4S/c1-5-22(24(35)31-13-16(2)3)32(14-19-20(26)10-7-11-21(19)27)23(34)15-33(38(4,36)37)18-9-6-8-17(12-18)25(28,29)30/h6-12,16,22H,5,13-15H2,1-4H3,(H,31,35)/t22-/m0/s1. The van der Waals surface area contributed by atoms with E-state index in [2.05, 4.69) is 5.32 Å². The molecule has 0 aromatic heterocycles. The Labute approximate surface area is 230 Å². The molecular weight excluding hydrogens is 566 g/mol. The van der Waals surface area contributed by atoms with Gasteiger partial charge in [0.25, 0.3) is 0 Å². The fourth-order valence-corrected chi connectivity index (χ4v) is 5.01. The van der Waals surface area contributed by atoms with Crippen LogP contribution in [0.5, 0.6) is 0 Å². The molecule has 2 amide bonds. The van der Waals surface area contributed by atoms with Crippen LogP contribution in [0.25, 0.3) is 0 Å². The van der Waals surface area contributed by atoms with E-state index in [0.29, 0.717) is 22.5 Å². The lowest BCUT2D eigenvalue weighted by atomic mass is 10.1. The number of hydrogen-bond acceptors (Lipinski definition) is 4. The third-order valence-electron chi connectivity index (χ3n) is 5.60. The molecule has 2 rings (SSSR count). The Morgan fingerprint density at radius 3 is 2.13 bits per heavy atom. The maximum atomic E-state index is 13.7. The number of carbonyl (C=O) groups is 2. The van der Waals surface area contributed by atoms with E-state index in [1.807, 2.05) is 13.8 Å². The normalized spacial score (nSPS) is 12.8. The Hall–Kier alpha value is -2.50. The van der Waals surface area contributed by atoms with Gasteiger partial charge in [-0.3, -0.25) is 13.9 Å². The summed E-state index contributed by atoms with van der Waals surface area (Å²) in [5.74, 6) is -1.17. The first-order valence-electron chi connectivity index (χ1n) is 11.7. The lowest BCUT2D eigenvalue weighted by Gasteiger charge is -2.33. The van der Waals surface area contributed by atoms with Gasteiger partial charge in [-0.25, -0.2) is 8.42 Å². The van der Waals surface area contributed by atoms with E-state index < -0.39 is 46.2 Å². The number of benzene rings is 2. The van der Waals surface area contributed by atoms with Crippen LogP contribution >= 0.6 is 23.2 Å². The maximum absolute atomic E-state index is 13.7. The summed E-state index contributed by atoms with van der Waals surface area (Å²) in [5, 5.41) is 3.22. The highest BCUT2D eigenvalue weighted by atomic mass is 35.5. The number of amides is 2. The monoisotopic (exact) mass is 595 g/mol. The minimum absolute atomic E-state index is 0.125. The second-order valence-electron chi connectivity index (χ2n) is 9.10. The molecule has 0 radical (unpaired) electrons. The highest BCUT2D eigenvalue weighted by molar-refractivity contribution is 7.92. The number of alkyl halides is 3. The minimum Gasteiger partial charge on any atom is -0.354 e. The van der Waals surface area contributed by atoms with Crippen molar-refractivity contribution in [1.29, 1.82) is 0 Å². The van der Waals surface area contributed by atoms with Crippen LogP contribution in [0.3, 0.4) is 0 Å². The molecule has 0 saturated carbocycles. The van der Waals surface area contributed by atoms with Gasteiger partial charge in [-0.05, 0) is 42.7 Å². The van der Waals surface area contributed by atoms with E-state index in [9.17, 15) is 31.2 Å². The zero-order chi connectivity index (χ0) is 28.8. The number of sulfonamides is 1. The summed E-state index contributed by atoms with van der Waals surface area (Å²) >= 11 is 12.6. The fraction of sp³-hybridized carbons (Fsp3) is 0.440. The van der Waals surface area contributed by atoms with Gasteiger partial charge in [0, 0.05) is 28.7 Å². The first kappa shape index (κ1) is 31.7. The van der Waals surface area contributed by atoms with Crippen molar-refractivity contribution in [3.8, 4) is 0 Å². The van der Waals surface area contributed by atoms with Crippen molar-refractivity contribution < 1.29 is 31.2 Å². The molecule has 0 aliphatic rings. The zero-order valence-corrected chi connectivity index (χ0v) is 23.7. The Morgan fingerprint density at radius 2 is 1.63 bits per heavy atom. The smallest absolute Gasteiger partial charge is 0.354 e. The average molecular weight is 596 g/mol. The average Bonchev–Trinajstić information content (AvgIpc) is 2.81. The van der Waals surface area contributed by atoms with Crippen molar-refractivity contribution in [2.75, 3.05) is 23.7 Å². The second kappa shape index (κ2) is 13.0. The van der Waals surface area contributed by atoms with Crippen LogP contribution in [0.15, 0.2) is 42.5 Å². The van der Waals surface area contributed by atoms with Gasteiger partial charge in [-0.1, -0.05) is 56.1 Å². The Morgan fingerprint density at radius 1 is 1.05 bits per heavy atom. The van der Waals surface area contributed by atoms with Crippen LogP contribution in [-0.2, 0) is 32.3 Å². The van der Waals surface area contributed by atoms with Gasteiger partial charge in [0.1, 0.15) is 12.6 Å². The van der Waals surface area contributed by atoms with Crippen LogP contribution in [0.4, 0.5) is 18.9 Å². The van der Waals surface area contributed by atoms with E-state index in [1.165, 1.54) is 0 Å². The Bertz CT molecular complexity index is 1240. The van der Waals surface area contributed by atoms with Gasteiger partial charge >= 0.3 is 6.18 Å². The highest BCUT2D eigenvalue weighted by Crippen LogP contribution is 2.32. The Balaban J connectivity index is 2.53. The molecule has 0 spiro atoms. The first-order chi connectivity index (χ1) is 17.6. The molecule has 0 heterocycles. The van der Waals surface area contributed by atoms with Gasteiger partial charge in [0.15, 0.2) is 0 Å². The molecule has 1 atom stereocenters. The van der Waals surface area contributed by atoms with Crippen molar-refractivity contribution >= 4 is 50.7 Å². The van der Waals surface area contributed by atoms with E-state index in [-0.39, 0.29) is 34.6 Å². The summed E-state index contributed by atoms with van der Waals surface area (Å²) in [7, 11) is -4.21.